The molecule has 0 saturated heterocycles. The molecule has 3 heteroatoms. The van der Waals surface area contributed by atoms with Crippen LogP contribution in [0.4, 0.5) is 34.1 Å². The second kappa shape index (κ2) is 16.9. The monoisotopic (exact) mass is 1090 g/mol. The van der Waals surface area contributed by atoms with Crippen molar-refractivity contribution in [3.05, 3.63) is 217 Å². The van der Waals surface area contributed by atoms with Gasteiger partial charge in [-0.05, 0) is 203 Å². The van der Waals surface area contributed by atoms with Gasteiger partial charge in [0.05, 0.1) is 5.69 Å². The Morgan fingerprint density at radius 1 is 0.434 bits per heavy atom. The lowest BCUT2D eigenvalue weighted by Crippen LogP contribution is -2.62. The van der Waals surface area contributed by atoms with Crippen LogP contribution in [-0.2, 0) is 37.9 Å². The summed E-state index contributed by atoms with van der Waals surface area (Å²) in [6.07, 6.45) is 7.37. The predicted molar refractivity (Wildman–Crippen MR) is 354 cm³/mol. The van der Waals surface area contributed by atoms with Gasteiger partial charge >= 0.3 is 0 Å². The van der Waals surface area contributed by atoms with Gasteiger partial charge in [0, 0.05) is 56.2 Å². The van der Waals surface area contributed by atoms with Gasteiger partial charge in [-0.15, -0.1) is 0 Å². The Morgan fingerprint density at radius 2 is 1.00 bits per heavy atom. The third kappa shape index (κ3) is 6.92. The molecule has 0 bridgehead atoms. The Morgan fingerprint density at radius 3 is 1.67 bits per heavy atom. The summed E-state index contributed by atoms with van der Waals surface area (Å²) in [5.41, 5.74) is 34.7. The van der Waals surface area contributed by atoms with Crippen LogP contribution in [0.1, 0.15) is 226 Å². The Kier molecular flexibility index (Phi) is 10.8. The molecule has 5 aliphatic carbocycles. The molecule has 8 aromatic carbocycles. The molecule has 0 spiro atoms. The van der Waals surface area contributed by atoms with E-state index in [0.717, 1.165) is 0 Å². The zero-order valence-corrected chi connectivity index (χ0v) is 53.1. The van der Waals surface area contributed by atoms with E-state index in [1.54, 1.807) is 11.1 Å². The SMILES string of the molecule is Cc1cc2c3c(c1)N(c1cccc4c1-c1ccccc1C4(C)C)c1cc(C4c5ccc(C(C)(C)C)cc5C5(C)CCCCC45C)ccc1B3c1cc3c(cc1N2c1cc2c(cc1C)C(C)(C)CCC2(C)C)C(C)(C)c1ccccc1C3(C)C. The van der Waals surface area contributed by atoms with Gasteiger partial charge in [-0.25, -0.2) is 0 Å². The van der Waals surface area contributed by atoms with Gasteiger partial charge in [0.2, 0.25) is 0 Å². The Bertz CT molecular complexity index is 4150. The number of hydrogen-bond donors (Lipinski definition) is 0. The lowest BCUT2D eigenvalue weighted by atomic mass is 9.33. The van der Waals surface area contributed by atoms with Crippen molar-refractivity contribution in [2.75, 3.05) is 9.80 Å². The highest BCUT2D eigenvalue weighted by Crippen LogP contribution is 2.68. The van der Waals surface area contributed by atoms with Gasteiger partial charge in [0.1, 0.15) is 0 Å². The molecule has 0 aromatic heterocycles. The quantitative estimate of drug-likeness (QED) is 0.163. The van der Waals surface area contributed by atoms with Gasteiger partial charge in [-0.2, -0.15) is 0 Å². The Balaban J connectivity index is 1.06. The molecular weight excluding hydrogens is 1000 g/mol. The minimum absolute atomic E-state index is 0.0249. The van der Waals surface area contributed by atoms with Crippen molar-refractivity contribution in [2.45, 2.75) is 200 Å². The molecule has 0 N–H and O–H groups in total. The number of benzene rings is 8. The van der Waals surface area contributed by atoms with Crippen molar-refractivity contribution in [3.8, 4) is 11.1 Å². The van der Waals surface area contributed by atoms with Crippen molar-refractivity contribution in [1.82, 2.24) is 0 Å². The number of hydrogen-bond acceptors (Lipinski definition) is 2. The lowest BCUT2D eigenvalue weighted by molar-refractivity contribution is 0.0923. The van der Waals surface area contributed by atoms with Crippen LogP contribution < -0.4 is 26.2 Å². The molecule has 7 aliphatic rings. The second-order valence-corrected chi connectivity index (χ2v) is 31.7. The zero-order chi connectivity index (χ0) is 58.2. The summed E-state index contributed by atoms with van der Waals surface area (Å²) < 4.78 is 0. The first kappa shape index (κ1) is 53.2. The first-order valence-corrected chi connectivity index (χ1v) is 31.8. The number of nitrogens with zero attached hydrogens (tertiary/aromatic N) is 2. The summed E-state index contributed by atoms with van der Waals surface area (Å²) in [5.74, 6) is 0.255. The van der Waals surface area contributed by atoms with Crippen LogP contribution in [0, 0.1) is 19.3 Å². The third-order valence-corrected chi connectivity index (χ3v) is 23.9. The van der Waals surface area contributed by atoms with Crippen LogP contribution in [0.15, 0.2) is 140 Å². The van der Waals surface area contributed by atoms with E-state index in [4.69, 9.17) is 0 Å². The smallest absolute Gasteiger partial charge is 0.252 e. The minimum Gasteiger partial charge on any atom is -0.311 e. The second-order valence-electron chi connectivity index (χ2n) is 31.7. The van der Waals surface area contributed by atoms with Crippen LogP contribution in [0.5, 0.6) is 0 Å². The maximum atomic E-state index is 2.79. The van der Waals surface area contributed by atoms with Crippen LogP contribution in [0.2, 0.25) is 0 Å². The van der Waals surface area contributed by atoms with Crippen molar-refractivity contribution in [1.29, 1.82) is 0 Å². The van der Waals surface area contributed by atoms with Crippen LogP contribution >= 0.6 is 0 Å². The van der Waals surface area contributed by atoms with Crippen molar-refractivity contribution >= 4 is 57.2 Å². The number of fused-ring (bicyclic) bond motifs is 13. The molecule has 15 rings (SSSR count). The average molecular weight is 1090 g/mol. The molecule has 1 saturated carbocycles. The Labute approximate surface area is 498 Å². The first-order valence-electron chi connectivity index (χ1n) is 31.8. The summed E-state index contributed by atoms with van der Waals surface area (Å²) in [7, 11) is 0. The minimum atomic E-state index is -0.224. The normalized spacial score (nSPS) is 23.6. The molecule has 0 amide bonds. The predicted octanol–water partition coefficient (Wildman–Crippen LogP) is 19.3. The van der Waals surface area contributed by atoms with E-state index in [0.29, 0.717) is 0 Å². The lowest BCUT2D eigenvalue weighted by Gasteiger charge is -2.50. The molecule has 3 atom stereocenters. The molecule has 3 unspecified atom stereocenters. The number of anilines is 6. The highest BCUT2D eigenvalue weighted by Gasteiger charge is 2.59. The molecule has 8 aromatic rings. The summed E-state index contributed by atoms with van der Waals surface area (Å²) in [6.45, 7) is 42.0. The van der Waals surface area contributed by atoms with E-state index in [-0.39, 0.29) is 56.0 Å². The van der Waals surface area contributed by atoms with Gasteiger partial charge < -0.3 is 9.80 Å². The Hall–Kier alpha value is -6.58. The molecule has 2 aliphatic heterocycles. The highest BCUT2D eigenvalue weighted by atomic mass is 15.2. The molecule has 0 radical (unpaired) electrons. The summed E-state index contributed by atoms with van der Waals surface area (Å²) in [5, 5.41) is 0. The molecule has 83 heavy (non-hydrogen) atoms. The van der Waals surface area contributed by atoms with Crippen LogP contribution in [0.3, 0.4) is 0 Å². The molecule has 2 heterocycles. The largest absolute Gasteiger partial charge is 0.311 e. The van der Waals surface area contributed by atoms with Crippen LogP contribution in [0.25, 0.3) is 11.1 Å². The van der Waals surface area contributed by atoms with Gasteiger partial charge in [0.15, 0.2) is 0 Å². The molecule has 420 valence electrons. The summed E-state index contributed by atoms with van der Waals surface area (Å²) in [6, 6.07) is 57.4. The van der Waals surface area contributed by atoms with E-state index in [2.05, 4.69) is 267 Å². The standard InChI is InChI=1S/C80H87BN2/c1-47-39-68-72-69(40-47)83(65-45-59-58(41-48(65)2)74(6,7)37-38-75(59,8)9)67-46-61-60(77(12,13)54-27-20-21-28-55(54)78(61,14)15)44-63(67)81(72)62-34-31-49(71-52-33-32-50(73(3,4)5)43-57(52)79(16)35-22-23-36-80(71,79)17)42-66(62)82(68)64-30-24-29-56-70(64)51-25-18-19-26-53(51)76(56,10)11/h18-21,24-34,39-46,71H,22-23,35-38H2,1-17H3. The fourth-order valence-electron chi connectivity index (χ4n) is 18.7. The molecule has 1 fully saturated rings. The highest BCUT2D eigenvalue weighted by molar-refractivity contribution is 7.00. The fraction of sp³-hybridized carbons (Fsp3) is 0.400. The third-order valence-electron chi connectivity index (χ3n) is 23.9. The van der Waals surface area contributed by atoms with E-state index in [1.165, 1.54) is 167 Å². The van der Waals surface area contributed by atoms with E-state index >= 15 is 0 Å². The molecule has 2 nitrogen and oxygen atoms in total. The van der Waals surface area contributed by atoms with Crippen molar-refractivity contribution in [2.24, 2.45) is 5.41 Å². The fourth-order valence-corrected chi connectivity index (χ4v) is 18.7. The van der Waals surface area contributed by atoms with E-state index in [1.807, 2.05) is 0 Å². The van der Waals surface area contributed by atoms with Gasteiger partial charge in [-0.3, -0.25) is 0 Å². The number of aryl methyl sites for hydroxylation is 2. The van der Waals surface area contributed by atoms with Gasteiger partial charge in [0.25, 0.3) is 6.71 Å². The van der Waals surface area contributed by atoms with Crippen LogP contribution in [-0.4, -0.2) is 6.71 Å². The van der Waals surface area contributed by atoms with Gasteiger partial charge in [-0.1, -0.05) is 220 Å². The van der Waals surface area contributed by atoms with E-state index in [9.17, 15) is 0 Å². The first-order chi connectivity index (χ1) is 39.1. The average Bonchev–Trinajstić information content (AvgIpc) is 1.59. The molecular formula is C80H87BN2. The summed E-state index contributed by atoms with van der Waals surface area (Å²) in [4.78, 5) is 5.56. The summed E-state index contributed by atoms with van der Waals surface area (Å²) >= 11 is 0. The maximum absolute atomic E-state index is 2.79. The maximum Gasteiger partial charge on any atom is 0.252 e. The number of rotatable bonds is 3. The van der Waals surface area contributed by atoms with Crippen molar-refractivity contribution < 1.29 is 0 Å². The zero-order valence-electron chi connectivity index (χ0n) is 53.1. The topological polar surface area (TPSA) is 6.48 Å². The van der Waals surface area contributed by atoms with Crippen molar-refractivity contribution in [3.63, 3.8) is 0 Å². The van der Waals surface area contributed by atoms with E-state index < -0.39 is 0 Å².